The molecule has 28 heavy (non-hydrogen) atoms. The number of carbonyl (C=O) groups is 1. The van der Waals surface area contributed by atoms with Crippen LogP contribution >= 0.6 is 0 Å². The Morgan fingerprint density at radius 3 is 2.36 bits per heavy atom. The minimum atomic E-state index is -0.0872. The number of rotatable bonds is 8. The Morgan fingerprint density at radius 1 is 1.04 bits per heavy atom. The zero-order valence-electron chi connectivity index (χ0n) is 16.9. The van der Waals surface area contributed by atoms with Gasteiger partial charge in [-0.2, -0.15) is 0 Å². The number of nitrogens with one attached hydrogen (secondary N) is 1. The van der Waals surface area contributed by atoms with E-state index < -0.39 is 0 Å². The number of anilines is 1. The fourth-order valence-electron chi connectivity index (χ4n) is 3.61. The molecule has 150 valence electrons. The number of para-hydroxylation sites is 1. The highest BCUT2D eigenvalue weighted by atomic mass is 16.5. The van der Waals surface area contributed by atoms with Gasteiger partial charge in [0, 0.05) is 26.3 Å². The van der Waals surface area contributed by atoms with Crippen LogP contribution in [0.15, 0.2) is 54.6 Å². The van der Waals surface area contributed by atoms with E-state index in [1.807, 2.05) is 44.4 Å². The van der Waals surface area contributed by atoms with Gasteiger partial charge in [0.15, 0.2) is 6.61 Å². The molecule has 1 aliphatic heterocycles. The lowest BCUT2D eigenvalue weighted by Gasteiger charge is -2.35. The summed E-state index contributed by atoms with van der Waals surface area (Å²) < 4.78 is 5.56. The Kier molecular flexibility index (Phi) is 7.31. The molecule has 1 fully saturated rings. The molecule has 0 aromatic heterocycles. The molecule has 1 atom stereocenters. The van der Waals surface area contributed by atoms with Crippen molar-refractivity contribution in [1.82, 2.24) is 10.2 Å². The van der Waals surface area contributed by atoms with Crippen LogP contribution in [0, 0.1) is 0 Å². The summed E-state index contributed by atoms with van der Waals surface area (Å²) in [6, 6.07) is 18.3. The third-order valence-corrected chi connectivity index (χ3v) is 5.23. The van der Waals surface area contributed by atoms with Crippen molar-refractivity contribution in [1.29, 1.82) is 0 Å². The van der Waals surface area contributed by atoms with Gasteiger partial charge < -0.3 is 15.0 Å². The molecule has 0 spiro atoms. The quantitative estimate of drug-likeness (QED) is 0.760. The van der Waals surface area contributed by atoms with Crippen LogP contribution in [0.2, 0.25) is 0 Å². The van der Waals surface area contributed by atoms with E-state index >= 15 is 0 Å². The number of ether oxygens (including phenoxy) is 1. The van der Waals surface area contributed by atoms with Gasteiger partial charge in [-0.25, -0.2) is 0 Å². The molecular weight excluding hydrogens is 350 g/mol. The van der Waals surface area contributed by atoms with Crippen molar-refractivity contribution in [2.45, 2.75) is 25.3 Å². The minimum absolute atomic E-state index is 0.0380. The Balaban J connectivity index is 1.61. The number of piperidine rings is 1. The molecule has 0 radical (unpaired) electrons. The van der Waals surface area contributed by atoms with E-state index in [-0.39, 0.29) is 18.6 Å². The summed E-state index contributed by atoms with van der Waals surface area (Å²) in [6.45, 7) is 2.79. The third-order valence-electron chi connectivity index (χ3n) is 5.23. The number of amides is 1. The third kappa shape index (κ3) is 5.73. The first-order valence-electron chi connectivity index (χ1n) is 10.1. The van der Waals surface area contributed by atoms with Gasteiger partial charge in [0.05, 0.1) is 6.04 Å². The molecule has 1 amide bonds. The van der Waals surface area contributed by atoms with Crippen LogP contribution in [0.5, 0.6) is 5.75 Å². The number of benzene rings is 2. The largest absolute Gasteiger partial charge is 0.484 e. The van der Waals surface area contributed by atoms with Gasteiger partial charge in [0.2, 0.25) is 0 Å². The SMILES string of the molecule is CN(C)c1ccc(C(CNC(=O)COc2ccccc2)N2CCCCC2)cc1. The van der Waals surface area contributed by atoms with Crippen molar-refractivity contribution in [3.8, 4) is 5.75 Å². The van der Waals surface area contributed by atoms with Crippen molar-refractivity contribution >= 4 is 11.6 Å². The predicted molar refractivity (Wildman–Crippen MR) is 114 cm³/mol. The monoisotopic (exact) mass is 381 g/mol. The second kappa shape index (κ2) is 10.1. The zero-order chi connectivity index (χ0) is 19.8. The van der Waals surface area contributed by atoms with Crippen molar-refractivity contribution in [3.05, 3.63) is 60.2 Å². The van der Waals surface area contributed by atoms with E-state index in [9.17, 15) is 4.79 Å². The Labute approximate surface area is 168 Å². The fraction of sp³-hybridized carbons (Fsp3) is 0.435. The molecule has 1 saturated heterocycles. The van der Waals surface area contributed by atoms with Crippen LogP contribution in [-0.2, 0) is 4.79 Å². The summed E-state index contributed by atoms with van der Waals surface area (Å²) in [4.78, 5) is 16.9. The van der Waals surface area contributed by atoms with Crippen LogP contribution in [0.1, 0.15) is 30.9 Å². The zero-order valence-corrected chi connectivity index (χ0v) is 16.9. The molecule has 3 rings (SSSR count). The summed E-state index contributed by atoms with van der Waals surface area (Å²) in [5.41, 5.74) is 2.43. The highest BCUT2D eigenvalue weighted by Gasteiger charge is 2.23. The smallest absolute Gasteiger partial charge is 0.258 e. The molecule has 1 heterocycles. The lowest BCUT2D eigenvalue weighted by Crippen LogP contribution is -2.41. The number of carbonyl (C=O) groups excluding carboxylic acids is 1. The van der Waals surface area contributed by atoms with E-state index in [1.165, 1.54) is 30.5 Å². The maximum Gasteiger partial charge on any atom is 0.258 e. The number of likely N-dealkylation sites (tertiary alicyclic amines) is 1. The lowest BCUT2D eigenvalue weighted by atomic mass is 10.0. The van der Waals surface area contributed by atoms with Gasteiger partial charge in [-0.05, 0) is 55.8 Å². The number of hydrogen-bond donors (Lipinski definition) is 1. The normalized spacial score (nSPS) is 15.6. The van der Waals surface area contributed by atoms with Crippen LogP contribution in [0.3, 0.4) is 0 Å². The van der Waals surface area contributed by atoms with E-state index in [1.54, 1.807) is 0 Å². The van der Waals surface area contributed by atoms with Gasteiger partial charge in [0.25, 0.3) is 5.91 Å². The molecule has 0 bridgehead atoms. The highest BCUT2D eigenvalue weighted by molar-refractivity contribution is 5.77. The van der Waals surface area contributed by atoms with Gasteiger partial charge in [-0.15, -0.1) is 0 Å². The number of hydrogen-bond acceptors (Lipinski definition) is 4. The van der Waals surface area contributed by atoms with Gasteiger partial charge >= 0.3 is 0 Å². The van der Waals surface area contributed by atoms with Gasteiger partial charge in [-0.1, -0.05) is 36.8 Å². The fourth-order valence-corrected chi connectivity index (χ4v) is 3.61. The first kappa shape index (κ1) is 20.2. The van der Waals surface area contributed by atoms with Crippen molar-refractivity contribution < 1.29 is 9.53 Å². The average Bonchev–Trinajstić information content (AvgIpc) is 2.74. The Bertz CT molecular complexity index is 725. The molecule has 5 heteroatoms. The van der Waals surface area contributed by atoms with Gasteiger partial charge in [0.1, 0.15) is 5.75 Å². The second-order valence-electron chi connectivity index (χ2n) is 7.50. The van der Waals surface area contributed by atoms with Crippen LogP contribution in [0.25, 0.3) is 0 Å². The molecule has 1 aliphatic rings. The number of nitrogens with zero attached hydrogens (tertiary/aromatic N) is 2. The Morgan fingerprint density at radius 2 is 1.71 bits per heavy atom. The molecule has 0 saturated carbocycles. The van der Waals surface area contributed by atoms with E-state index in [0.29, 0.717) is 12.3 Å². The molecule has 2 aromatic rings. The molecule has 1 unspecified atom stereocenters. The second-order valence-corrected chi connectivity index (χ2v) is 7.50. The first-order valence-corrected chi connectivity index (χ1v) is 10.1. The van der Waals surface area contributed by atoms with E-state index in [0.717, 1.165) is 13.1 Å². The maximum atomic E-state index is 12.3. The molecule has 0 aliphatic carbocycles. The minimum Gasteiger partial charge on any atom is -0.484 e. The standard InChI is InChI=1S/C23H31N3O2/c1-25(2)20-13-11-19(12-14-20)22(26-15-7-4-8-16-26)17-24-23(27)18-28-21-9-5-3-6-10-21/h3,5-6,9-14,22H,4,7-8,15-18H2,1-2H3,(H,24,27). The predicted octanol–water partition coefficient (Wildman–Crippen LogP) is 3.47. The first-order chi connectivity index (χ1) is 13.6. The summed E-state index contributed by atoms with van der Waals surface area (Å²) in [5.74, 6) is 0.625. The summed E-state index contributed by atoms with van der Waals surface area (Å²) in [7, 11) is 4.09. The van der Waals surface area contributed by atoms with Crippen molar-refractivity contribution in [2.75, 3.05) is 45.2 Å². The maximum absolute atomic E-state index is 12.3. The Hall–Kier alpha value is -2.53. The molecular formula is C23H31N3O2. The highest BCUT2D eigenvalue weighted by Crippen LogP contribution is 2.26. The summed E-state index contributed by atoms with van der Waals surface area (Å²) in [5, 5.41) is 3.07. The summed E-state index contributed by atoms with van der Waals surface area (Å²) >= 11 is 0. The molecule has 1 N–H and O–H groups in total. The van der Waals surface area contributed by atoms with E-state index in [2.05, 4.69) is 39.4 Å². The van der Waals surface area contributed by atoms with Crippen LogP contribution in [0.4, 0.5) is 5.69 Å². The van der Waals surface area contributed by atoms with Crippen LogP contribution in [-0.4, -0.2) is 51.1 Å². The average molecular weight is 382 g/mol. The van der Waals surface area contributed by atoms with E-state index in [4.69, 9.17) is 4.74 Å². The molecule has 5 nitrogen and oxygen atoms in total. The van der Waals surface area contributed by atoms with Crippen LogP contribution < -0.4 is 15.0 Å². The van der Waals surface area contributed by atoms with Gasteiger partial charge in [-0.3, -0.25) is 9.69 Å². The van der Waals surface area contributed by atoms with Crippen molar-refractivity contribution in [2.24, 2.45) is 0 Å². The topological polar surface area (TPSA) is 44.8 Å². The van der Waals surface area contributed by atoms with Crippen molar-refractivity contribution in [3.63, 3.8) is 0 Å². The summed E-state index contributed by atoms with van der Waals surface area (Å²) in [6.07, 6.45) is 3.73. The lowest BCUT2D eigenvalue weighted by molar-refractivity contribution is -0.123. The molecule has 2 aromatic carbocycles.